The third kappa shape index (κ3) is 2.98. The van der Waals surface area contributed by atoms with E-state index < -0.39 is 17.8 Å². The first-order valence-corrected chi connectivity index (χ1v) is 8.17. The van der Waals surface area contributed by atoms with Crippen molar-refractivity contribution in [2.24, 2.45) is 23.7 Å². The summed E-state index contributed by atoms with van der Waals surface area (Å²) in [5.41, 5.74) is 1.05. The molecule has 0 aromatic heterocycles. The van der Waals surface area contributed by atoms with Crippen LogP contribution in [0, 0.1) is 23.7 Å². The minimum absolute atomic E-state index is 0.124. The van der Waals surface area contributed by atoms with Crippen molar-refractivity contribution in [1.29, 1.82) is 0 Å². The number of carboxylic acid groups (broad SMARTS) is 1. The van der Waals surface area contributed by atoms with Gasteiger partial charge in [0.15, 0.2) is 0 Å². The lowest BCUT2D eigenvalue weighted by Gasteiger charge is -2.30. The van der Waals surface area contributed by atoms with Gasteiger partial charge in [0.1, 0.15) is 0 Å². The number of aliphatic carboxylic acids is 1. The summed E-state index contributed by atoms with van der Waals surface area (Å²) >= 11 is 5.93. The van der Waals surface area contributed by atoms with Crippen LogP contribution in [-0.4, -0.2) is 18.4 Å². The Balaban J connectivity index is 1.56. The Morgan fingerprint density at radius 1 is 1.23 bits per heavy atom. The van der Waals surface area contributed by atoms with Crippen molar-refractivity contribution < 1.29 is 14.7 Å². The third-order valence-corrected chi connectivity index (χ3v) is 5.33. The highest BCUT2D eigenvalue weighted by molar-refractivity contribution is 6.30. The second-order valence-electron chi connectivity index (χ2n) is 6.37. The van der Waals surface area contributed by atoms with E-state index in [-0.39, 0.29) is 17.7 Å². The number of nitrogens with one attached hydrogen (secondary N) is 1. The summed E-state index contributed by atoms with van der Waals surface area (Å²) in [6.45, 7) is 0.493. The molecule has 2 saturated carbocycles. The second-order valence-corrected chi connectivity index (χ2v) is 6.81. The van der Waals surface area contributed by atoms with Crippen LogP contribution in [0.25, 0.3) is 0 Å². The zero-order valence-corrected chi connectivity index (χ0v) is 13.0. The standard InChI is InChI=1S/C17H20ClNO3/c18-13-3-1-2-10(8-13)6-7-19-16(20)14-11-4-5-12(9-11)15(14)17(21)22/h1-3,8,11-12,14-15H,4-7,9H2,(H,19,20)(H,21,22)/p-1/t11-,12+,14+,15+/m1/s1. The van der Waals surface area contributed by atoms with Crippen molar-refractivity contribution in [3.05, 3.63) is 34.9 Å². The van der Waals surface area contributed by atoms with Crippen LogP contribution in [-0.2, 0) is 16.0 Å². The Labute approximate surface area is 134 Å². The fourth-order valence-corrected chi connectivity index (χ4v) is 4.36. The first kappa shape index (κ1) is 15.3. The van der Waals surface area contributed by atoms with Crippen LogP contribution in [0.15, 0.2) is 24.3 Å². The SMILES string of the molecule is O=C([O-])[C@H]1[C@H]2CC[C@H](C2)[C@@H]1C(=O)NCCc1cccc(Cl)c1. The molecule has 2 bridgehead atoms. The number of halogens is 1. The molecule has 4 nitrogen and oxygen atoms in total. The minimum atomic E-state index is -1.07. The maximum Gasteiger partial charge on any atom is 0.224 e. The van der Waals surface area contributed by atoms with Crippen LogP contribution in [0.5, 0.6) is 0 Å². The van der Waals surface area contributed by atoms with E-state index in [1.54, 1.807) is 0 Å². The number of hydrogen-bond acceptors (Lipinski definition) is 3. The fourth-order valence-electron chi connectivity index (χ4n) is 4.15. The summed E-state index contributed by atoms with van der Waals surface area (Å²) in [7, 11) is 0. The molecule has 2 aliphatic carbocycles. The topological polar surface area (TPSA) is 69.2 Å². The molecule has 0 spiro atoms. The molecule has 118 valence electrons. The maximum absolute atomic E-state index is 12.4. The van der Waals surface area contributed by atoms with Crippen LogP contribution in [0.2, 0.25) is 5.02 Å². The Morgan fingerprint density at radius 3 is 2.64 bits per heavy atom. The highest BCUT2D eigenvalue weighted by atomic mass is 35.5. The molecule has 5 heteroatoms. The van der Waals surface area contributed by atoms with Gasteiger partial charge >= 0.3 is 0 Å². The molecule has 1 N–H and O–H groups in total. The predicted octanol–water partition coefficient (Wildman–Crippen LogP) is 1.41. The molecule has 3 rings (SSSR count). The number of carbonyl (C=O) groups excluding carboxylic acids is 2. The molecule has 22 heavy (non-hydrogen) atoms. The van der Waals surface area contributed by atoms with E-state index in [0.717, 1.165) is 24.8 Å². The van der Waals surface area contributed by atoms with Crippen molar-refractivity contribution in [3.63, 3.8) is 0 Å². The van der Waals surface area contributed by atoms with Gasteiger partial charge in [-0.1, -0.05) is 23.7 Å². The molecular weight excluding hydrogens is 302 g/mol. The van der Waals surface area contributed by atoms with Gasteiger partial charge in [-0.3, -0.25) is 4.79 Å². The smallest absolute Gasteiger partial charge is 0.224 e. The zero-order valence-electron chi connectivity index (χ0n) is 12.3. The Bertz CT molecular complexity index is 589. The highest BCUT2D eigenvalue weighted by Crippen LogP contribution is 2.52. The number of rotatable bonds is 5. The molecule has 0 saturated heterocycles. The van der Waals surface area contributed by atoms with E-state index in [1.807, 2.05) is 24.3 Å². The van der Waals surface area contributed by atoms with Gasteiger partial charge in [0, 0.05) is 29.4 Å². The van der Waals surface area contributed by atoms with Gasteiger partial charge in [-0.25, -0.2) is 0 Å². The van der Waals surface area contributed by atoms with Crippen molar-refractivity contribution in [2.45, 2.75) is 25.7 Å². The number of carbonyl (C=O) groups is 2. The molecule has 2 aliphatic rings. The predicted molar refractivity (Wildman–Crippen MR) is 81.0 cm³/mol. The van der Waals surface area contributed by atoms with E-state index in [1.165, 1.54) is 0 Å². The van der Waals surface area contributed by atoms with Gasteiger partial charge in [0.25, 0.3) is 0 Å². The summed E-state index contributed by atoms with van der Waals surface area (Å²) in [5.74, 6) is -1.89. The fraction of sp³-hybridized carbons (Fsp3) is 0.529. The zero-order chi connectivity index (χ0) is 15.7. The summed E-state index contributed by atoms with van der Waals surface area (Å²) in [6.07, 6.45) is 3.41. The molecule has 0 aliphatic heterocycles. The molecule has 2 fully saturated rings. The van der Waals surface area contributed by atoms with Gasteiger partial charge in [-0.2, -0.15) is 0 Å². The molecule has 4 atom stereocenters. The summed E-state index contributed by atoms with van der Waals surface area (Å²) in [6, 6.07) is 7.51. The summed E-state index contributed by atoms with van der Waals surface area (Å²) in [4.78, 5) is 23.7. The van der Waals surface area contributed by atoms with Crippen LogP contribution < -0.4 is 10.4 Å². The van der Waals surface area contributed by atoms with Gasteiger partial charge in [-0.05, 0) is 55.2 Å². The Hall–Kier alpha value is -1.55. The molecule has 0 radical (unpaired) electrons. The molecule has 0 heterocycles. The molecule has 1 amide bonds. The van der Waals surface area contributed by atoms with Crippen molar-refractivity contribution >= 4 is 23.5 Å². The Kier molecular flexibility index (Phi) is 4.39. The van der Waals surface area contributed by atoms with Gasteiger partial charge in [0.2, 0.25) is 5.91 Å². The second kappa shape index (κ2) is 6.29. The summed E-state index contributed by atoms with van der Waals surface area (Å²) < 4.78 is 0. The number of fused-ring (bicyclic) bond motifs is 2. The average molecular weight is 321 g/mol. The maximum atomic E-state index is 12.4. The van der Waals surface area contributed by atoms with E-state index in [0.29, 0.717) is 18.0 Å². The molecule has 0 unspecified atom stereocenters. The number of benzene rings is 1. The number of amides is 1. The monoisotopic (exact) mass is 320 g/mol. The number of carboxylic acids is 1. The lowest BCUT2D eigenvalue weighted by molar-refractivity contribution is -0.314. The quantitative estimate of drug-likeness (QED) is 0.892. The van der Waals surface area contributed by atoms with E-state index in [4.69, 9.17) is 11.6 Å². The van der Waals surface area contributed by atoms with E-state index in [9.17, 15) is 14.7 Å². The van der Waals surface area contributed by atoms with Crippen LogP contribution in [0.1, 0.15) is 24.8 Å². The van der Waals surface area contributed by atoms with Crippen LogP contribution >= 0.6 is 11.6 Å². The van der Waals surface area contributed by atoms with Gasteiger partial charge in [0.05, 0.1) is 0 Å². The average Bonchev–Trinajstić information content (AvgIpc) is 3.07. The number of hydrogen-bond donors (Lipinski definition) is 1. The van der Waals surface area contributed by atoms with Crippen LogP contribution in [0.3, 0.4) is 0 Å². The first-order chi connectivity index (χ1) is 10.6. The lowest BCUT2D eigenvalue weighted by atomic mass is 9.78. The van der Waals surface area contributed by atoms with Crippen molar-refractivity contribution in [1.82, 2.24) is 5.32 Å². The normalized spacial score (nSPS) is 29.5. The third-order valence-electron chi connectivity index (χ3n) is 5.09. The largest absolute Gasteiger partial charge is 0.550 e. The first-order valence-electron chi connectivity index (χ1n) is 7.79. The minimum Gasteiger partial charge on any atom is -0.550 e. The lowest BCUT2D eigenvalue weighted by Crippen LogP contribution is -2.46. The molecular formula is C17H19ClNO3-. The van der Waals surface area contributed by atoms with Crippen molar-refractivity contribution in [3.8, 4) is 0 Å². The Morgan fingerprint density at radius 2 is 1.95 bits per heavy atom. The van der Waals surface area contributed by atoms with Crippen LogP contribution in [0.4, 0.5) is 0 Å². The summed E-state index contributed by atoms with van der Waals surface area (Å²) in [5, 5.41) is 14.9. The van der Waals surface area contributed by atoms with Crippen molar-refractivity contribution in [2.75, 3.05) is 6.54 Å². The van der Waals surface area contributed by atoms with Gasteiger partial charge < -0.3 is 15.2 Å². The highest BCUT2D eigenvalue weighted by Gasteiger charge is 2.51. The van der Waals surface area contributed by atoms with E-state index in [2.05, 4.69) is 5.32 Å². The molecule has 1 aromatic carbocycles. The molecule has 1 aromatic rings. The van der Waals surface area contributed by atoms with E-state index >= 15 is 0 Å². The van der Waals surface area contributed by atoms with Gasteiger partial charge in [-0.15, -0.1) is 0 Å².